The lowest BCUT2D eigenvalue weighted by molar-refractivity contribution is 0.161. The molecule has 0 saturated carbocycles. The minimum atomic E-state index is -0.255. The molecule has 0 saturated heterocycles. The molecule has 3 rings (SSSR count). The molecule has 1 heterocycles. The summed E-state index contributed by atoms with van der Waals surface area (Å²) in [5, 5.41) is 2.60. The maximum atomic E-state index is 6.41. The van der Waals surface area contributed by atoms with Crippen LogP contribution in [0.1, 0.15) is 90.3 Å². The lowest BCUT2D eigenvalue weighted by Gasteiger charge is -2.32. The molecule has 1 unspecified atom stereocenters. The Morgan fingerprint density at radius 1 is 0.897 bits per heavy atom. The molecule has 0 aromatic heterocycles. The van der Waals surface area contributed by atoms with E-state index in [1.165, 1.54) is 60.4 Å². The van der Waals surface area contributed by atoms with Crippen molar-refractivity contribution >= 4 is 16.8 Å². The number of fused-ring (bicyclic) bond motifs is 3. The van der Waals surface area contributed by atoms with Gasteiger partial charge in [0.25, 0.3) is 0 Å². The van der Waals surface area contributed by atoms with Crippen LogP contribution in [0.5, 0.6) is 5.75 Å². The van der Waals surface area contributed by atoms with Gasteiger partial charge in [-0.3, -0.25) is 4.90 Å². The first kappa shape index (κ1) is 21.9. The highest BCUT2D eigenvalue weighted by atomic mass is 16.5. The van der Waals surface area contributed by atoms with E-state index in [4.69, 9.17) is 4.74 Å². The normalized spacial score (nSPS) is 16.1. The smallest absolute Gasteiger partial charge is 0.135 e. The molecule has 2 nitrogen and oxygen atoms in total. The van der Waals surface area contributed by atoms with E-state index in [0.717, 1.165) is 18.8 Å². The topological polar surface area (TPSA) is 12.5 Å². The second kappa shape index (κ2) is 9.80. The van der Waals surface area contributed by atoms with E-state index in [9.17, 15) is 0 Å². The Morgan fingerprint density at radius 2 is 1.66 bits per heavy atom. The molecule has 29 heavy (non-hydrogen) atoms. The van der Waals surface area contributed by atoms with Crippen molar-refractivity contribution in [3.8, 4) is 5.75 Å². The van der Waals surface area contributed by atoms with Crippen LogP contribution >= 0.6 is 0 Å². The molecule has 0 bridgehead atoms. The minimum absolute atomic E-state index is 0.255. The van der Waals surface area contributed by atoms with Gasteiger partial charge in [-0.25, -0.2) is 0 Å². The van der Waals surface area contributed by atoms with Crippen molar-refractivity contribution in [3.63, 3.8) is 0 Å². The Balaban J connectivity index is 1.97. The van der Waals surface area contributed by atoms with Crippen LogP contribution in [0.15, 0.2) is 36.4 Å². The van der Waals surface area contributed by atoms with E-state index < -0.39 is 0 Å². The molecule has 2 heteroatoms. The van der Waals surface area contributed by atoms with Gasteiger partial charge in [0.1, 0.15) is 11.4 Å². The van der Waals surface area contributed by atoms with E-state index in [1.54, 1.807) is 0 Å². The molecule has 1 aliphatic rings. The molecule has 158 valence electrons. The molecule has 0 radical (unpaired) electrons. The zero-order valence-electron chi connectivity index (χ0n) is 19.1. The number of hydrogen-bond donors (Lipinski definition) is 0. The molecule has 0 aliphatic carbocycles. The van der Waals surface area contributed by atoms with E-state index in [1.807, 2.05) is 0 Å². The van der Waals surface area contributed by atoms with Crippen molar-refractivity contribution in [1.29, 1.82) is 0 Å². The third kappa shape index (κ3) is 5.04. The minimum Gasteiger partial charge on any atom is -0.483 e. The first-order valence-electron chi connectivity index (χ1n) is 11.7. The van der Waals surface area contributed by atoms with Gasteiger partial charge in [0.2, 0.25) is 0 Å². The van der Waals surface area contributed by atoms with Crippen LogP contribution in [-0.2, 0) is 0 Å². The van der Waals surface area contributed by atoms with Crippen LogP contribution < -0.4 is 4.74 Å². The Hall–Kier alpha value is -1.80. The highest BCUT2D eigenvalue weighted by molar-refractivity contribution is 5.94. The second-order valence-electron chi connectivity index (χ2n) is 8.91. The maximum Gasteiger partial charge on any atom is 0.135 e. The van der Waals surface area contributed by atoms with E-state index in [0.29, 0.717) is 6.04 Å². The molecule has 1 aliphatic heterocycles. The summed E-state index contributed by atoms with van der Waals surface area (Å²) in [7, 11) is 0. The number of hydrogen-bond acceptors (Lipinski definition) is 2. The molecule has 2 aromatic rings. The number of rotatable bonds is 10. The quantitative estimate of drug-likeness (QED) is 0.382. The van der Waals surface area contributed by atoms with E-state index in [2.05, 4.69) is 82.0 Å². The predicted octanol–water partition coefficient (Wildman–Crippen LogP) is 7.77. The van der Waals surface area contributed by atoms with Crippen molar-refractivity contribution in [2.24, 2.45) is 0 Å². The molecule has 0 fully saturated rings. The fourth-order valence-electron chi connectivity index (χ4n) is 4.64. The average molecular weight is 394 g/mol. The largest absolute Gasteiger partial charge is 0.483 e. The van der Waals surface area contributed by atoms with Crippen LogP contribution in [-0.4, -0.2) is 23.6 Å². The fraction of sp³-hybridized carbons (Fsp3) is 0.556. The summed E-state index contributed by atoms with van der Waals surface area (Å²) in [6, 6.07) is 11.8. The van der Waals surface area contributed by atoms with E-state index in [-0.39, 0.29) is 5.60 Å². The summed E-state index contributed by atoms with van der Waals surface area (Å²) in [5.41, 5.74) is 2.39. The Bertz CT molecular complexity index is 832. The lowest BCUT2D eigenvalue weighted by Crippen LogP contribution is -2.29. The van der Waals surface area contributed by atoms with Gasteiger partial charge in [-0.1, -0.05) is 89.3 Å². The highest BCUT2D eigenvalue weighted by Gasteiger charge is 2.25. The summed E-state index contributed by atoms with van der Waals surface area (Å²) >= 11 is 0. The molecule has 0 amide bonds. The average Bonchev–Trinajstić information content (AvgIpc) is 2.72. The zero-order valence-corrected chi connectivity index (χ0v) is 19.1. The third-order valence-corrected chi connectivity index (χ3v) is 6.30. The first-order valence-corrected chi connectivity index (χ1v) is 11.7. The second-order valence-corrected chi connectivity index (χ2v) is 8.91. The molecular weight excluding hydrogens is 354 g/mol. The van der Waals surface area contributed by atoms with Gasteiger partial charge < -0.3 is 4.74 Å². The summed E-state index contributed by atoms with van der Waals surface area (Å²) in [4.78, 5) is 2.62. The van der Waals surface area contributed by atoms with Gasteiger partial charge in [-0.15, -0.1) is 0 Å². The van der Waals surface area contributed by atoms with Crippen molar-refractivity contribution in [1.82, 2.24) is 4.90 Å². The lowest BCUT2D eigenvalue weighted by atomic mass is 9.91. The van der Waals surface area contributed by atoms with Crippen LogP contribution in [0.2, 0.25) is 0 Å². The maximum absolute atomic E-state index is 6.41. The van der Waals surface area contributed by atoms with Crippen LogP contribution in [0.4, 0.5) is 0 Å². The standard InChI is InChI=1S/C27H39NO/c1-6-9-10-11-12-16-25(28(7-2)8-3)23-14-13-15-24-22(23)18-17-21-19-20-27(4,5)29-26(21)24/h13-15,17-20,25H,6-12,16H2,1-5H3. The van der Waals surface area contributed by atoms with Gasteiger partial charge in [0, 0.05) is 17.0 Å². The zero-order chi connectivity index (χ0) is 20.9. The summed E-state index contributed by atoms with van der Waals surface area (Å²) in [6.07, 6.45) is 12.3. The van der Waals surface area contributed by atoms with Gasteiger partial charge in [-0.05, 0) is 50.4 Å². The number of ether oxygens (including phenoxy) is 1. The van der Waals surface area contributed by atoms with Gasteiger partial charge in [0.15, 0.2) is 0 Å². The molecule has 1 atom stereocenters. The highest BCUT2D eigenvalue weighted by Crippen LogP contribution is 2.41. The van der Waals surface area contributed by atoms with Crippen molar-refractivity contribution < 1.29 is 4.74 Å². The molecular formula is C27H39NO. The first-order chi connectivity index (χ1) is 14.0. The third-order valence-electron chi connectivity index (χ3n) is 6.30. The Labute approximate surface area is 177 Å². The van der Waals surface area contributed by atoms with Crippen LogP contribution in [0.25, 0.3) is 16.8 Å². The molecule has 2 aromatic carbocycles. The fourth-order valence-corrected chi connectivity index (χ4v) is 4.64. The molecule has 0 N–H and O–H groups in total. The van der Waals surface area contributed by atoms with Crippen molar-refractivity contribution in [2.75, 3.05) is 13.1 Å². The summed E-state index contributed by atoms with van der Waals surface area (Å²) in [6.45, 7) is 13.3. The number of benzene rings is 2. The summed E-state index contributed by atoms with van der Waals surface area (Å²) < 4.78 is 6.41. The Kier molecular flexibility index (Phi) is 7.40. The van der Waals surface area contributed by atoms with E-state index >= 15 is 0 Å². The monoisotopic (exact) mass is 393 g/mol. The Morgan fingerprint density at radius 3 is 2.38 bits per heavy atom. The SMILES string of the molecule is CCCCCCCC(c1cccc2c3c(ccc12)C=CC(C)(C)O3)N(CC)CC. The summed E-state index contributed by atoms with van der Waals surface area (Å²) in [5.74, 6) is 1.04. The predicted molar refractivity (Wildman–Crippen MR) is 127 cm³/mol. The van der Waals surface area contributed by atoms with Crippen molar-refractivity contribution in [2.45, 2.75) is 84.8 Å². The number of unbranched alkanes of at least 4 members (excludes halogenated alkanes) is 4. The van der Waals surface area contributed by atoms with Crippen molar-refractivity contribution in [3.05, 3.63) is 47.5 Å². The number of nitrogens with zero attached hydrogens (tertiary/aromatic N) is 1. The molecule has 0 spiro atoms. The van der Waals surface area contributed by atoms with Gasteiger partial charge in [-0.2, -0.15) is 0 Å². The van der Waals surface area contributed by atoms with Crippen LogP contribution in [0, 0.1) is 0 Å². The van der Waals surface area contributed by atoms with Gasteiger partial charge in [0.05, 0.1) is 0 Å². The van der Waals surface area contributed by atoms with Gasteiger partial charge >= 0.3 is 0 Å². The van der Waals surface area contributed by atoms with Crippen LogP contribution in [0.3, 0.4) is 0 Å².